The predicted octanol–water partition coefficient (Wildman–Crippen LogP) is 1.99. The molecular weight excluding hydrogens is 252 g/mol. The molecule has 0 spiro atoms. The van der Waals surface area contributed by atoms with E-state index in [2.05, 4.69) is 42.3 Å². The number of benzene rings is 1. The second-order valence-electron chi connectivity index (χ2n) is 5.38. The fraction of sp³-hybridized carbons (Fsp3) is 0.625. The highest BCUT2D eigenvalue weighted by Gasteiger charge is 2.13. The van der Waals surface area contributed by atoms with Gasteiger partial charge in [-0.1, -0.05) is 12.1 Å². The van der Waals surface area contributed by atoms with Crippen LogP contribution in [-0.2, 0) is 4.74 Å². The van der Waals surface area contributed by atoms with E-state index in [0.717, 1.165) is 45.1 Å². The Morgan fingerprint density at radius 1 is 1.35 bits per heavy atom. The quantitative estimate of drug-likeness (QED) is 0.863. The van der Waals surface area contributed by atoms with Gasteiger partial charge in [0.15, 0.2) is 0 Å². The standard InChI is InChI=1S/C16H26N2O2/c1-13-4-5-15(16(12-13)19-3)14(2)17-6-7-18-8-10-20-11-9-18/h4-5,12,14,17H,6-11H2,1-3H3. The Hall–Kier alpha value is -1.10. The second-order valence-corrected chi connectivity index (χ2v) is 5.38. The largest absolute Gasteiger partial charge is 0.496 e. The monoisotopic (exact) mass is 278 g/mol. The Morgan fingerprint density at radius 3 is 2.80 bits per heavy atom. The topological polar surface area (TPSA) is 33.7 Å². The number of hydrogen-bond donors (Lipinski definition) is 1. The number of morpholine rings is 1. The molecule has 0 aliphatic carbocycles. The molecule has 20 heavy (non-hydrogen) atoms. The Kier molecular flexibility index (Phi) is 5.83. The molecule has 1 aliphatic heterocycles. The number of ether oxygens (including phenoxy) is 2. The van der Waals surface area contributed by atoms with Crippen molar-refractivity contribution in [1.29, 1.82) is 0 Å². The van der Waals surface area contributed by atoms with Crippen LogP contribution in [0, 0.1) is 6.92 Å². The first-order valence-electron chi connectivity index (χ1n) is 7.38. The molecule has 1 unspecified atom stereocenters. The van der Waals surface area contributed by atoms with Crippen molar-refractivity contribution in [2.24, 2.45) is 0 Å². The van der Waals surface area contributed by atoms with Crippen molar-refractivity contribution in [1.82, 2.24) is 10.2 Å². The van der Waals surface area contributed by atoms with E-state index in [1.165, 1.54) is 11.1 Å². The highest BCUT2D eigenvalue weighted by molar-refractivity contribution is 5.38. The molecule has 0 bridgehead atoms. The minimum Gasteiger partial charge on any atom is -0.496 e. The molecule has 0 aromatic heterocycles. The minimum atomic E-state index is 0.298. The van der Waals surface area contributed by atoms with Gasteiger partial charge in [0.2, 0.25) is 0 Å². The molecule has 0 amide bonds. The van der Waals surface area contributed by atoms with Gasteiger partial charge in [-0.3, -0.25) is 4.90 Å². The highest BCUT2D eigenvalue weighted by atomic mass is 16.5. The predicted molar refractivity (Wildman–Crippen MR) is 81.4 cm³/mol. The van der Waals surface area contributed by atoms with Crippen LogP contribution in [0.4, 0.5) is 0 Å². The first-order valence-corrected chi connectivity index (χ1v) is 7.38. The van der Waals surface area contributed by atoms with Crippen molar-refractivity contribution in [3.05, 3.63) is 29.3 Å². The van der Waals surface area contributed by atoms with Crippen molar-refractivity contribution >= 4 is 0 Å². The van der Waals surface area contributed by atoms with E-state index in [1.54, 1.807) is 7.11 Å². The lowest BCUT2D eigenvalue weighted by Crippen LogP contribution is -2.40. The van der Waals surface area contributed by atoms with E-state index in [0.29, 0.717) is 6.04 Å². The zero-order chi connectivity index (χ0) is 14.4. The molecule has 1 aliphatic rings. The van der Waals surface area contributed by atoms with Crippen molar-refractivity contribution in [3.63, 3.8) is 0 Å². The van der Waals surface area contributed by atoms with Crippen molar-refractivity contribution in [2.75, 3.05) is 46.5 Å². The van der Waals surface area contributed by atoms with Gasteiger partial charge in [-0.05, 0) is 25.5 Å². The van der Waals surface area contributed by atoms with Crippen LogP contribution in [-0.4, -0.2) is 51.4 Å². The number of methoxy groups -OCH3 is 1. The molecule has 1 atom stereocenters. The third kappa shape index (κ3) is 4.20. The van der Waals surface area contributed by atoms with Gasteiger partial charge >= 0.3 is 0 Å². The first-order chi connectivity index (χ1) is 9.70. The summed E-state index contributed by atoms with van der Waals surface area (Å²) in [7, 11) is 1.73. The molecule has 1 saturated heterocycles. The third-order valence-electron chi connectivity index (χ3n) is 3.84. The maximum atomic E-state index is 5.48. The van der Waals surface area contributed by atoms with E-state index >= 15 is 0 Å². The van der Waals surface area contributed by atoms with Crippen LogP contribution in [0.2, 0.25) is 0 Å². The lowest BCUT2D eigenvalue weighted by molar-refractivity contribution is 0.0382. The fourth-order valence-electron chi connectivity index (χ4n) is 2.55. The molecule has 112 valence electrons. The summed E-state index contributed by atoms with van der Waals surface area (Å²) in [5.41, 5.74) is 2.45. The first kappa shape index (κ1) is 15.3. The summed E-state index contributed by atoms with van der Waals surface area (Å²) in [6, 6.07) is 6.68. The molecule has 1 fully saturated rings. The van der Waals surface area contributed by atoms with Gasteiger partial charge in [0.25, 0.3) is 0 Å². The van der Waals surface area contributed by atoms with Crippen LogP contribution in [0.15, 0.2) is 18.2 Å². The van der Waals surface area contributed by atoms with Crippen LogP contribution >= 0.6 is 0 Å². The van der Waals surface area contributed by atoms with Gasteiger partial charge in [0, 0.05) is 37.8 Å². The molecular formula is C16H26N2O2. The van der Waals surface area contributed by atoms with Crippen molar-refractivity contribution in [2.45, 2.75) is 19.9 Å². The molecule has 4 heteroatoms. The van der Waals surface area contributed by atoms with Crippen molar-refractivity contribution in [3.8, 4) is 5.75 Å². The van der Waals surface area contributed by atoms with Crippen LogP contribution in [0.5, 0.6) is 5.75 Å². The van der Waals surface area contributed by atoms with Crippen LogP contribution in [0.3, 0.4) is 0 Å². The third-order valence-corrected chi connectivity index (χ3v) is 3.84. The average molecular weight is 278 g/mol. The molecule has 1 N–H and O–H groups in total. The molecule has 1 aromatic carbocycles. The highest BCUT2D eigenvalue weighted by Crippen LogP contribution is 2.25. The van der Waals surface area contributed by atoms with Gasteiger partial charge in [0.05, 0.1) is 20.3 Å². The van der Waals surface area contributed by atoms with Gasteiger partial charge in [-0.25, -0.2) is 0 Å². The Bertz CT molecular complexity index is 417. The summed E-state index contributed by atoms with van der Waals surface area (Å²) in [4.78, 5) is 2.44. The number of rotatable bonds is 6. The van der Waals surface area contributed by atoms with Gasteiger partial charge < -0.3 is 14.8 Å². The molecule has 2 rings (SSSR count). The van der Waals surface area contributed by atoms with Gasteiger partial charge in [-0.15, -0.1) is 0 Å². The maximum absolute atomic E-state index is 5.48. The molecule has 0 saturated carbocycles. The SMILES string of the molecule is COc1cc(C)ccc1C(C)NCCN1CCOCC1. The fourth-order valence-corrected chi connectivity index (χ4v) is 2.55. The lowest BCUT2D eigenvalue weighted by Gasteiger charge is -2.27. The Balaban J connectivity index is 1.83. The summed E-state index contributed by atoms with van der Waals surface area (Å²) in [5.74, 6) is 0.969. The summed E-state index contributed by atoms with van der Waals surface area (Å²) < 4.78 is 10.8. The smallest absolute Gasteiger partial charge is 0.123 e. The normalized spacial score (nSPS) is 17.9. The Labute approximate surface area is 122 Å². The van der Waals surface area contributed by atoms with Crippen LogP contribution < -0.4 is 10.1 Å². The van der Waals surface area contributed by atoms with Crippen LogP contribution in [0.1, 0.15) is 24.1 Å². The number of nitrogens with one attached hydrogen (secondary N) is 1. The van der Waals surface area contributed by atoms with Crippen molar-refractivity contribution < 1.29 is 9.47 Å². The van der Waals surface area contributed by atoms with E-state index in [1.807, 2.05) is 0 Å². The molecule has 4 nitrogen and oxygen atoms in total. The zero-order valence-corrected chi connectivity index (χ0v) is 12.8. The summed E-state index contributed by atoms with van der Waals surface area (Å²) in [5, 5.41) is 3.58. The van der Waals surface area contributed by atoms with E-state index in [4.69, 9.17) is 9.47 Å². The number of aryl methyl sites for hydroxylation is 1. The van der Waals surface area contributed by atoms with Gasteiger partial charge in [-0.2, -0.15) is 0 Å². The second kappa shape index (κ2) is 7.62. The average Bonchev–Trinajstić information content (AvgIpc) is 2.48. The van der Waals surface area contributed by atoms with E-state index in [-0.39, 0.29) is 0 Å². The maximum Gasteiger partial charge on any atom is 0.123 e. The van der Waals surface area contributed by atoms with E-state index < -0.39 is 0 Å². The van der Waals surface area contributed by atoms with Gasteiger partial charge in [0.1, 0.15) is 5.75 Å². The summed E-state index contributed by atoms with van der Waals surface area (Å²) >= 11 is 0. The molecule has 1 heterocycles. The lowest BCUT2D eigenvalue weighted by atomic mass is 10.0. The number of hydrogen-bond acceptors (Lipinski definition) is 4. The molecule has 0 radical (unpaired) electrons. The van der Waals surface area contributed by atoms with E-state index in [9.17, 15) is 0 Å². The Morgan fingerprint density at radius 2 is 2.10 bits per heavy atom. The zero-order valence-electron chi connectivity index (χ0n) is 12.8. The summed E-state index contributed by atoms with van der Waals surface area (Å²) in [6.07, 6.45) is 0. The summed E-state index contributed by atoms with van der Waals surface area (Å²) in [6.45, 7) is 10.1. The number of nitrogens with zero attached hydrogens (tertiary/aromatic N) is 1. The minimum absolute atomic E-state index is 0.298. The van der Waals surface area contributed by atoms with Crippen LogP contribution in [0.25, 0.3) is 0 Å². The molecule has 1 aromatic rings.